The third kappa shape index (κ3) is 14.5. The topological polar surface area (TPSA) is 495 Å². The van der Waals surface area contributed by atoms with E-state index in [2.05, 4.69) is 48.9 Å². The summed E-state index contributed by atoms with van der Waals surface area (Å²) < 4.78 is 83.0. The molecule has 642 valence electrons. The van der Waals surface area contributed by atoms with Crippen LogP contribution in [-0.2, 0) is 162 Å². The zero-order valence-electron chi connectivity index (χ0n) is 66.4. The summed E-state index contributed by atoms with van der Waals surface area (Å²) in [5, 5.41) is 18.7. The first kappa shape index (κ1) is 85.8. The summed E-state index contributed by atoms with van der Waals surface area (Å²) in [5.74, 6) is -10.7. The minimum atomic E-state index is -1.50. The van der Waals surface area contributed by atoms with Crippen molar-refractivity contribution >= 4 is 107 Å². The van der Waals surface area contributed by atoms with E-state index >= 15 is 0 Å². The van der Waals surface area contributed by atoms with Gasteiger partial charge >= 0.3 is 107 Å². The molecule has 18 rings (SSSR count). The summed E-state index contributed by atoms with van der Waals surface area (Å²) >= 11 is 0. The van der Waals surface area contributed by atoms with Gasteiger partial charge in [0.05, 0.1) is 23.7 Å². The standard InChI is InChI=1S/C15H16O8.C15H18O6.C14H14O8.C14H16O6.C13H16O4.C12H14O4/c1-6(2)12(17)21-5-9(16)22-10-7-3-8-11(10)23-14(20)15(8,4-7)13(18)19;1-7(2)13(17)19-6-11(16)21-15(3)8-4-9-10(5-8)14(18)20-12(9)15;1-2-8(15)20-5-9(16)21-10-6-3-7-11(10)22-13(19)14(7,4-6)12(17)18;1-3-10(15)18-6-11(16)20-14(2)7-4-8-9(5-7)13(17)19-12(8)14;1-6(2)11(14)17-13(3)7-4-8-9(5-7)12(15)16-10(8)13;1-3-9(13)16-12(2)6-4-7-8(5-6)11(14)15-10(7)12/h7-8,10-11H,1,3-5H2,2H3,(H,18,19);8-10,12H,1,4-6H2,2-3H3;2,6-7,10-11H,1,3-5H2,(H,17,18);3,7-9,12H,1,4-6H2,2H3;7-10H,1,4-5H2,2-3H3;3,6-8,10H,1,4-5H2,2H3. The Morgan fingerprint density at radius 1 is 0.378 bits per heavy atom. The lowest BCUT2D eigenvalue weighted by Crippen LogP contribution is -2.48. The lowest BCUT2D eigenvalue weighted by molar-refractivity contribution is -0.184. The molecule has 30 unspecified atom stereocenters. The smallest absolute Gasteiger partial charge is 0.344 e. The maximum Gasteiger partial charge on any atom is 0.344 e. The lowest BCUT2D eigenvalue weighted by atomic mass is 9.73. The molecule has 0 aromatic heterocycles. The van der Waals surface area contributed by atoms with Crippen molar-refractivity contribution in [2.45, 2.75) is 197 Å². The number of carbonyl (C=O) groups is 18. The van der Waals surface area contributed by atoms with Gasteiger partial charge in [-0.2, -0.15) is 0 Å². The van der Waals surface area contributed by atoms with E-state index < -0.39 is 174 Å². The van der Waals surface area contributed by atoms with E-state index in [0.29, 0.717) is 31.3 Å². The van der Waals surface area contributed by atoms with Crippen LogP contribution in [0.4, 0.5) is 0 Å². The second-order valence-electron chi connectivity index (χ2n) is 34.8. The summed E-state index contributed by atoms with van der Waals surface area (Å²) in [5.41, 5.74) is -5.12. The van der Waals surface area contributed by atoms with E-state index in [9.17, 15) is 96.5 Å². The molecule has 36 nitrogen and oxygen atoms in total. The highest BCUT2D eigenvalue weighted by molar-refractivity contribution is 6.03. The molecule has 0 aromatic rings. The molecule has 6 aliphatic heterocycles. The van der Waals surface area contributed by atoms with Gasteiger partial charge in [0.15, 0.2) is 37.3 Å². The van der Waals surface area contributed by atoms with Crippen LogP contribution in [0.25, 0.3) is 0 Å². The van der Waals surface area contributed by atoms with E-state index in [-0.39, 0.29) is 161 Å². The predicted molar refractivity (Wildman–Crippen MR) is 387 cm³/mol. The second-order valence-corrected chi connectivity index (χ2v) is 34.8. The Morgan fingerprint density at radius 3 is 0.966 bits per heavy atom. The molecule has 12 saturated carbocycles. The average molecular weight is 1670 g/mol. The summed E-state index contributed by atoms with van der Waals surface area (Å²) in [7, 11) is 0. The van der Waals surface area contributed by atoms with Crippen LogP contribution >= 0.6 is 0 Å². The van der Waals surface area contributed by atoms with Gasteiger partial charge in [0.25, 0.3) is 0 Å². The first-order valence-electron chi connectivity index (χ1n) is 39.5. The highest BCUT2D eigenvalue weighted by Crippen LogP contribution is 2.67. The molecule has 18 fully saturated rings. The molecule has 12 aliphatic carbocycles. The SMILES string of the molecule is C=C(C)C(=O)OC1(C)C2CC3C(=O)OC1C3C2.C=C(C)C(=O)OCC(=O)OC1(C)C2CC3C(=O)OC1C3C2.C=C(C)C(=O)OCC(=O)OC1C2CC3C1OC(=O)C3(C(=O)O)C2.C=CC(=O)OC1(C)C2CC3C(=O)OC1C3C2.C=CC(=O)OCC(=O)OC1(C)C2CC3C(=O)OC1C3C2.C=CC(=O)OCC(=O)OC1C2CC3C1OC(=O)C3(C(=O)O)C2. The van der Waals surface area contributed by atoms with Crippen LogP contribution in [0.1, 0.15) is 126 Å². The Morgan fingerprint density at radius 2 is 0.664 bits per heavy atom. The third-order valence-electron chi connectivity index (χ3n) is 28.3. The number of carboxylic acids is 2. The van der Waals surface area contributed by atoms with E-state index in [1.807, 2.05) is 13.8 Å². The molecule has 119 heavy (non-hydrogen) atoms. The predicted octanol–water partition coefficient (Wildman–Crippen LogP) is 3.81. The number of ether oxygens (including phenoxy) is 16. The molecule has 6 heterocycles. The first-order chi connectivity index (χ1) is 55.9. The van der Waals surface area contributed by atoms with Crippen LogP contribution in [0.15, 0.2) is 74.4 Å². The Kier molecular flexibility index (Phi) is 22.7. The van der Waals surface area contributed by atoms with Gasteiger partial charge in [-0.3, -0.25) is 38.4 Å². The largest absolute Gasteiger partial charge is 0.480 e. The van der Waals surface area contributed by atoms with Crippen molar-refractivity contribution in [1.82, 2.24) is 0 Å². The number of rotatable bonds is 22. The molecule has 18 aliphatic rings. The van der Waals surface area contributed by atoms with Gasteiger partial charge in [-0.15, -0.1) is 0 Å². The molecule has 0 aromatic carbocycles. The fourth-order valence-corrected chi connectivity index (χ4v) is 22.7. The van der Waals surface area contributed by atoms with Crippen LogP contribution in [0.3, 0.4) is 0 Å². The lowest BCUT2D eigenvalue weighted by Gasteiger charge is -2.36. The molecule has 30 atom stereocenters. The zero-order chi connectivity index (χ0) is 86.7. The van der Waals surface area contributed by atoms with Crippen molar-refractivity contribution in [3.8, 4) is 0 Å². The molecule has 2 N–H and O–H groups in total. The van der Waals surface area contributed by atoms with Crippen LogP contribution < -0.4 is 0 Å². The number of esters is 16. The Bertz CT molecular complexity index is 4470. The normalized spacial score (nSPS) is 40.7. The molecular formula is C83H94O36. The fraction of sp³-hybridized carbons (Fsp3) is 0.639. The number of carbonyl (C=O) groups excluding carboxylic acids is 16. The maximum absolute atomic E-state index is 12.0. The van der Waals surface area contributed by atoms with Crippen molar-refractivity contribution < 1.29 is 172 Å². The van der Waals surface area contributed by atoms with E-state index in [1.54, 1.807) is 20.8 Å². The van der Waals surface area contributed by atoms with Crippen LogP contribution in [0, 0.1) is 106 Å². The van der Waals surface area contributed by atoms with E-state index in [4.69, 9.17) is 66.3 Å². The minimum Gasteiger partial charge on any atom is -0.480 e. The maximum atomic E-state index is 12.0. The van der Waals surface area contributed by atoms with Gasteiger partial charge in [-0.25, -0.2) is 47.9 Å². The second kappa shape index (κ2) is 31.6. The number of fused-ring (bicyclic) bond motifs is 6. The molecular weight excluding hydrogens is 1570 g/mol. The Balaban J connectivity index is 0.000000124. The molecule has 0 spiro atoms. The van der Waals surface area contributed by atoms with Crippen molar-refractivity contribution in [2.75, 3.05) is 26.4 Å². The van der Waals surface area contributed by atoms with Crippen molar-refractivity contribution in [1.29, 1.82) is 0 Å². The number of carboxylic acid groups (broad SMARTS) is 2. The molecule has 0 amide bonds. The summed E-state index contributed by atoms with van der Waals surface area (Å²) in [6.07, 6.45) is 6.68. The van der Waals surface area contributed by atoms with Gasteiger partial charge < -0.3 is 86.0 Å². The summed E-state index contributed by atoms with van der Waals surface area (Å²) in [6, 6.07) is 0. The fourth-order valence-electron chi connectivity index (χ4n) is 22.7. The Labute approximate surface area is 680 Å². The van der Waals surface area contributed by atoms with Gasteiger partial charge in [0.2, 0.25) is 0 Å². The first-order valence-corrected chi connectivity index (χ1v) is 39.5. The van der Waals surface area contributed by atoms with Crippen molar-refractivity contribution in [3.05, 3.63) is 74.4 Å². The van der Waals surface area contributed by atoms with Gasteiger partial charge in [0, 0.05) is 106 Å². The minimum absolute atomic E-state index is 0.0321. The summed E-state index contributed by atoms with van der Waals surface area (Å²) in [4.78, 5) is 208. The Hall–Kier alpha value is -11.1. The van der Waals surface area contributed by atoms with E-state index in [0.717, 1.165) is 56.8 Å². The van der Waals surface area contributed by atoms with Crippen LogP contribution in [-0.4, -0.2) is 215 Å². The number of hydrogen-bond donors (Lipinski definition) is 2. The zero-order valence-corrected chi connectivity index (χ0v) is 66.4. The average Bonchev–Trinajstić information content (AvgIpc) is 1.55. The van der Waals surface area contributed by atoms with Crippen LogP contribution in [0.5, 0.6) is 0 Å². The molecule has 0 radical (unpaired) electrons. The molecule has 36 heteroatoms. The van der Waals surface area contributed by atoms with Crippen molar-refractivity contribution in [3.63, 3.8) is 0 Å². The van der Waals surface area contributed by atoms with Gasteiger partial charge in [-0.1, -0.05) is 39.5 Å². The number of aliphatic carboxylic acids is 2. The van der Waals surface area contributed by atoms with Gasteiger partial charge in [0.1, 0.15) is 71.2 Å². The van der Waals surface area contributed by atoms with Crippen molar-refractivity contribution in [2.24, 2.45) is 106 Å². The van der Waals surface area contributed by atoms with E-state index in [1.165, 1.54) is 13.8 Å². The molecule has 12 bridgehead atoms. The highest BCUT2D eigenvalue weighted by atomic mass is 16.7. The number of hydrogen-bond acceptors (Lipinski definition) is 34. The third-order valence-corrected chi connectivity index (χ3v) is 28.3. The van der Waals surface area contributed by atoms with Crippen LogP contribution in [0.2, 0.25) is 0 Å². The summed E-state index contributed by atoms with van der Waals surface area (Å²) in [6.45, 7) is 30.1. The van der Waals surface area contributed by atoms with Gasteiger partial charge in [-0.05, 0) is 126 Å². The molecule has 6 saturated heterocycles. The highest BCUT2D eigenvalue weighted by Gasteiger charge is 2.78. The monoisotopic (exact) mass is 1670 g/mol. The quantitative estimate of drug-likeness (QED) is 0.0673.